The molecule has 124 valence electrons. The minimum absolute atomic E-state index is 0.0894. The minimum Gasteiger partial charge on any atom is -0.289 e. The van der Waals surface area contributed by atoms with E-state index >= 15 is 0 Å². The van der Waals surface area contributed by atoms with Gasteiger partial charge in [-0.1, -0.05) is 23.7 Å². The molecule has 2 aromatic rings. The number of hydrogen-bond acceptors (Lipinski definition) is 2. The average molecular weight is 369 g/mol. The lowest BCUT2D eigenvalue weighted by atomic mass is 9.97. The first kappa shape index (κ1) is 17.1. The summed E-state index contributed by atoms with van der Waals surface area (Å²) in [4.78, 5) is 13.6. The predicted molar refractivity (Wildman–Crippen MR) is 90.5 cm³/mol. The largest absolute Gasteiger partial charge is 0.416 e. The molecule has 0 aromatic heterocycles. The number of thioether (sulfide) groups is 1. The van der Waals surface area contributed by atoms with Crippen LogP contribution in [0.5, 0.6) is 0 Å². The number of benzene rings is 2. The number of fused-ring (bicyclic) bond motifs is 1. The summed E-state index contributed by atoms with van der Waals surface area (Å²) in [5, 5.41) is 0.389. The highest BCUT2D eigenvalue weighted by molar-refractivity contribution is 8.00. The third-order valence-electron chi connectivity index (χ3n) is 3.75. The van der Waals surface area contributed by atoms with Gasteiger partial charge in [0.05, 0.1) is 5.56 Å². The lowest BCUT2D eigenvalue weighted by molar-refractivity contribution is -0.137. The van der Waals surface area contributed by atoms with Crippen LogP contribution in [0.15, 0.2) is 52.9 Å². The van der Waals surface area contributed by atoms with Gasteiger partial charge < -0.3 is 0 Å². The van der Waals surface area contributed by atoms with E-state index in [1.807, 2.05) is 13.0 Å². The monoisotopic (exact) mass is 368 g/mol. The number of ketones is 1. The summed E-state index contributed by atoms with van der Waals surface area (Å²) >= 11 is 7.49. The molecular formula is C18H12ClF3OS. The van der Waals surface area contributed by atoms with E-state index in [2.05, 4.69) is 0 Å². The summed E-state index contributed by atoms with van der Waals surface area (Å²) in [6, 6.07) is 9.94. The van der Waals surface area contributed by atoms with E-state index in [4.69, 9.17) is 11.6 Å². The van der Waals surface area contributed by atoms with Crippen molar-refractivity contribution in [2.75, 3.05) is 0 Å². The molecule has 1 aliphatic heterocycles. The van der Waals surface area contributed by atoms with E-state index < -0.39 is 11.7 Å². The maximum Gasteiger partial charge on any atom is 0.416 e. The van der Waals surface area contributed by atoms with E-state index in [0.717, 1.165) is 17.0 Å². The summed E-state index contributed by atoms with van der Waals surface area (Å²) in [5.74, 6) is -0.140. The smallest absolute Gasteiger partial charge is 0.289 e. The Morgan fingerprint density at radius 2 is 1.79 bits per heavy atom. The third-order valence-corrected chi connectivity index (χ3v) is 5.20. The molecule has 0 saturated heterocycles. The van der Waals surface area contributed by atoms with E-state index in [1.54, 1.807) is 18.2 Å². The summed E-state index contributed by atoms with van der Waals surface area (Å²) in [7, 11) is 0. The van der Waals surface area contributed by atoms with Crippen LogP contribution in [0.2, 0.25) is 5.02 Å². The molecule has 3 rings (SSSR count). The van der Waals surface area contributed by atoms with Gasteiger partial charge in [-0.25, -0.2) is 0 Å². The molecule has 0 bridgehead atoms. The number of rotatable bonds is 1. The van der Waals surface area contributed by atoms with Crippen LogP contribution in [0, 0.1) is 0 Å². The van der Waals surface area contributed by atoms with Crippen molar-refractivity contribution in [2.24, 2.45) is 0 Å². The molecule has 1 nitrogen and oxygen atoms in total. The van der Waals surface area contributed by atoms with Crippen molar-refractivity contribution in [3.63, 3.8) is 0 Å². The van der Waals surface area contributed by atoms with Gasteiger partial charge in [0.1, 0.15) is 0 Å². The van der Waals surface area contributed by atoms with Crippen LogP contribution >= 0.6 is 23.4 Å². The average Bonchev–Trinajstić information content (AvgIpc) is 2.52. The van der Waals surface area contributed by atoms with Gasteiger partial charge in [0.2, 0.25) is 0 Å². The second-order valence-corrected chi connectivity index (χ2v) is 7.27. The molecular weight excluding hydrogens is 357 g/mol. The second kappa shape index (κ2) is 6.30. The first-order chi connectivity index (χ1) is 11.3. The van der Waals surface area contributed by atoms with Gasteiger partial charge in [0, 0.05) is 26.3 Å². The molecule has 2 aromatic carbocycles. The topological polar surface area (TPSA) is 17.1 Å². The second-order valence-electron chi connectivity index (χ2n) is 5.45. The van der Waals surface area contributed by atoms with E-state index in [1.165, 1.54) is 23.9 Å². The van der Waals surface area contributed by atoms with Crippen LogP contribution < -0.4 is 0 Å². The van der Waals surface area contributed by atoms with Gasteiger partial charge in [-0.15, -0.1) is 11.8 Å². The minimum atomic E-state index is -4.37. The zero-order valence-corrected chi connectivity index (χ0v) is 14.1. The molecule has 0 amide bonds. The maximum atomic E-state index is 12.7. The molecule has 0 unspecified atom stereocenters. The molecule has 0 fully saturated rings. The fraction of sp³-hybridized carbons (Fsp3) is 0.167. The summed E-state index contributed by atoms with van der Waals surface area (Å²) in [6.07, 6.45) is -2.73. The van der Waals surface area contributed by atoms with Crippen molar-refractivity contribution in [3.8, 4) is 0 Å². The van der Waals surface area contributed by atoms with Gasteiger partial charge in [-0.05, 0) is 48.9 Å². The summed E-state index contributed by atoms with van der Waals surface area (Å²) in [5.41, 5.74) is 0.932. The molecule has 0 N–H and O–H groups in total. The van der Waals surface area contributed by atoms with Crippen molar-refractivity contribution in [1.82, 2.24) is 0 Å². The fourth-order valence-electron chi connectivity index (χ4n) is 2.51. The van der Waals surface area contributed by atoms with Gasteiger partial charge >= 0.3 is 6.18 Å². The Morgan fingerprint density at radius 1 is 1.12 bits per heavy atom. The standard InChI is InChI=1S/C18H12ClF3OS/c1-10-14(8-11-2-4-12(5-3-11)18(20,21)22)17(23)15-9-13(19)6-7-16(15)24-10/h2-10H,1H3/b14-8+/t10-/m0/s1. The molecule has 0 spiro atoms. The van der Waals surface area contributed by atoms with Gasteiger partial charge in [0.15, 0.2) is 5.78 Å². The normalized spacial score (nSPS) is 19.5. The lowest BCUT2D eigenvalue weighted by Crippen LogP contribution is -2.19. The molecule has 1 atom stereocenters. The van der Waals surface area contributed by atoms with Crippen LogP contribution in [0.3, 0.4) is 0 Å². The van der Waals surface area contributed by atoms with Gasteiger partial charge in [-0.3, -0.25) is 4.79 Å². The predicted octanol–water partition coefficient (Wildman–Crippen LogP) is 6.12. The van der Waals surface area contributed by atoms with Crippen LogP contribution in [-0.2, 0) is 6.18 Å². The highest BCUT2D eigenvalue weighted by Crippen LogP contribution is 2.40. The van der Waals surface area contributed by atoms with E-state index in [0.29, 0.717) is 21.7 Å². The highest BCUT2D eigenvalue weighted by Gasteiger charge is 2.30. The van der Waals surface area contributed by atoms with Crippen molar-refractivity contribution < 1.29 is 18.0 Å². The van der Waals surface area contributed by atoms with E-state index in [9.17, 15) is 18.0 Å². The highest BCUT2D eigenvalue weighted by atomic mass is 35.5. The SMILES string of the molecule is C[C@@H]1Sc2ccc(Cl)cc2C(=O)/C1=C/c1ccc(C(F)(F)F)cc1. The molecule has 24 heavy (non-hydrogen) atoms. The Balaban J connectivity index is 1.96. The van der Waals surface area contributed by atoms with Crippen LogP contribution in [0.4, 0.5) is 13.2 Å². The number of hydrogen-bond donors (Lipinski definition) is 0. The Bertz CT molecular complexity index is 825. The quantitative estimate of drug-likeness (QED) is 0.564. The number of alkyl halides is 3. The molecule has 1 aliphatic rings. The summed E-state index contributed by atoms with van der Waals surface area (Å²) < 4.78 is 37.9. The first-order valence-electron chi connectivity index (χ1n) is 7.15. The van der Waals surface area contributed by atoms with Crippen molar-refractivity contribution >= 4 is 35.2 Å². The van der Waals surface area contributed by atoms with Crippen molar-refractivity contribution in [2.45, 2.75) is 23.2 Å². The van der Waals surface area contributed by atoms with Crippen LogP contribution in [0.25, 0.3) is 6.08 Å². The molecule has 0 aliphatic carbocycles. The number of carbonyl (C=O) groups is 1. The molecule has 0 saturated carbocycles. The number of halogens is 4. The fourth-order valence-corrected chi connectivity index (χ4v) is 3.79. The van der Waals surface area contributed by atoms with Crippen LogP contribution in [0.1, 0.15) is 28.4 Å². The third kappa shape index (κ3) is 3.37. The lowest BCUT2D eigenvalue weighted by Gasteiger charge is -2.23. The maximum absolute atomic E-state index is 12.7. The first-order valence-corrected chi connectivity index (χ1v) is 8.41. The number of Topliss-reactive ketones (excluding diaryl/α,β-unsaturated/α-hetero) is 1. The van der Waals surface area contributed by atoms with Crippen molar-refractivity contribution in [1.29, 1.82) is 0 Å². The molecule has 1 heterocycles. The van der Waals surface area contributed by atoms with E-state index in [-0.39, 0.29) is 11.0 Å². The van der Waals surface area contributed by atoms with Gasteiger partial charge in [-0.2, -0.15) is 13.2 Å². The summed E-state index contributed by atoms with van der Waals surface area (Å²) in [6.45, 7) is 1.90. The number of carbonyl (C=O) groups excluding carboxylic acids is 1. The molecule has 0 radical (unpaired) electrons. The van der Waals surface area contributed by atoms with Crippen molar-refractivity contribution in [3.05, 3.63) is 69.8 Å². The Morgan fingerprint density at radius 3 is 2.42 bits per heavy atom. The zero-order chi connectivity index (χ0) is 17.5. The van der Waals surface area contributed by atoms with Crippen LogP contribution in [-0.4, -0.2) is 11.0 Å². The Kier molecular flexibility index (Phi) is 4.49. The zero-order valence-electron chi connectivity index (χ0n) is 12.5. The molecule has 6 heteroatoms. The van der Waals surface area contributed by atoms with Gasteiger partial charge in [0.25, 0.3) is 0 Å². The Labute approximate surface area is 146 Å². The Hall–Kier alpha value is -1.72.